The lowest BCUT2D eigenvalue weighted by Crippen LogP contribution is -2.40. The van der Waals surface area contributed by atoms with Crippen molar-refractivity contribution in [2.45, 2.75) is 31.7 Å². The molecule has 1 fully saturated rings. The van der Waals surface area contributed by atoms with E-state index in [0.29, 0.717) is 12.8 Å². The van der Waals surface area contributed by atoms with Gasteiger partial charge in [0.05, 0.1) is 5.92 Å². The van der Waals surface area contributed by atoms with Crippen LogP contribution < -0.4 is 5.32 Å². The molecule has 108 valence electrons. The minimum absolute atomic E-state index is 0.147. The molecular weight excluding hydrogens is 268 g/mol. The minimum Gasteiger partial charge on any atom is -0.481 e. The number of aliphatic carboxylic acids is 1. The van der Waals surface area contributed by atoms with Crippen molar-refractivity contribution >= 4 is 11.9 Å². The van der Waals surface area contributed by atoms with E-state index in [9.17, 15) is 18.4 Å². The molecule has 2 atom stereocenters. The minimum atomic E-state index is -2.57. The Morgan fingerprint density at radius 3 is 2.40 bits per heavy atom. The molecule has 1 aromatic rings. The number of amides is 1. The number of carboxylic acid groups (broad SMARTS) is 1. The lowest BCUT2D eigenvalue weighted by molar-refractivity contribution is -0.142. The number of benzene rings is 1. The summed E-state index contributed by atoms with van der Waals surface area (Å²) in [4.78, 5) is 23.0. The molecule has 0 radical (unpaired) electrons. The van der Waals surface area contributed by atoms with Crippen molar-refractivity contribution in [1.82, 2.24) is 5.32 Å². The summed E-state index contributed by atoms with van der Waals surface area (Å²) < 4.78 is 24.8. The Bertz CT molecular complexity index is 502. The van der Waals surface area contributed by atoms with Crippen molar-refractivity contribution in [3.8, 4) is 0 Å². The van der Waals surface area contributed by atoms with Crippen LogP contribution in [0.2, 0.25) is 0 Å². The maximum Gasteiger partial charge on any atom is 0.308 e. The second-order valence-electron chi connectivity index (χ2n) is 4.88. The summed E-state index contributed by atoms with van der Waals surface area (Å²) in [6.45, 7) is 0. The number of carbonyl (C=O) groups is 2. The molecule has 2 N–H and O–H groups in total. The Kier molecular flexibility index (Phi) is 4.32. The number of hydrogen-bond acceptors (Lipinski definition) is 2. The van der Waals surface area contributed by atoms with Gasteiger partial charge in [-0.05, 0) is 25.0 Å². The smallest absolute Gasteiger partial charge is 0.308 e. The predicted molar refractivity (Wildman–Crippen MR) is 67.6 cm³/mol. The predicted octanol–water partition coefficient (Wildman–Crippen LogP) is 2.61. The first-order valence-electron chi connectivity index (χ1n) is 6.41. The van der Waals surface area contributed by atoms with E-state index in [4.69, 9.17) is 5.11 Å². The molecule has 1 aliphatic carbocycles. The number of carboxylic acids is 1. The van der Waals surface area contributed by atoms with Gasteiger partial charge in [0.2, 0.25) is 0 Å². The number of rotatable bonds is 4. The molecule has 0 aliphatic heterocycles. The van der Waals surface area contributed by atoms with Gasteiger partial charge in [0.15, 0.2) is 0 Å². The van der Waals surface area contributed by atoms with E-state index >= 15 is 0 Å². The highest BCUT2D eigenvalue weighted by Gasteiger charge is 2.33. The Balaban J connectivity index is 2.02. The van der Waals surface area contributed by atoms with E-state index in [-0.39, 0.29) is 11.1 Å². The SMILES string of the molecule is O=C(N[C@H]1CCC[C@H]1C(=O)O)c1ccc(C(F)F)cc1. The zero-order chi connectivity index (χ0) is 14.7. The Morgan fingerprint density at radius 2 is 1.85 bits per heavy atom. The van der Waals surface area contributed by atoms with Crippen LogP contribution in [0, 0.1) is 5.92 Å². The molecule has 0 saturated heterocycles. The zero-order valence-electron chi connectivity index (χ0n) is 10.7. The van der Waals surface area contributed by atoms with Gasteiger partial charge in [0, 0.05) is 17.2 Å². The number of alkyl halides is 2. The maximum absolute atomic E-state index is 12.4. The molecule has 4 nitrogen and oxygen atoms in total. The summed E-state index contributed by atoms with van der Waals surface area (Å²) in [6, 6.07) is 4.64. The lowest BCUT2D eigenvalue weighted by atomic mass is 10.0. The first-order chi connectivity index (χ1) is 9.49. The second-order valence-corrected chi connectivity index (χ2v) is 4.88. The summed E-state index contributed by atoms with van der Waals surface area (Å²) in [7, 11) is 0. The van der Waals surface area contributed by atoms with Gasteiger partial charge in [-0.25, -0.2) is 8.78 Å². The zero-order valence-corrected chi connectivity index (χ0v) is 10.7. The van der Waals surface area contributed by atoms with E-state index in [0.717, 1.165) is 6.42 Å². The first kappa shape index (κ1) is 14.4. The molecule has 0 bridgehead atoms. The fraction of sp³-hybridized carbons (Fsp3) is 0.429. The largest absolute Gasteiger partial charge is 0.481 e. The molecule has 2 rings (SSSR count). The van der Waals surface area contributed by atoms with Gasteiger partial charge in [0.1, 0.15) is 0 Å². The highest BCUT2D eigenvalue weighted by atomic mass is 19.3. The van der Waals surface area contributed by atoms with E-state index in [1.54, 1.807) is 0 Å². The van der Waals surface area contributed by atoms with Crippen molar-refractivity contribution < 1.29 is 23.5 Å². The number of carbonyl (C=O) groups excluding carboxylic acids is 1. The van der Waals surface area contributed by atoms with Crippen LogP contribution in [0.25, 0.3) is 0 Å². The molecule has 1 aliphatic rings. The van der Waals surface area contributed by atoms with Crippen molar-refractivity contribution in [2.75, 3.05) is 0 Å². The molecule has 0 heterocycles. The highest BCUT2D eigenvalue weighted by Crippen LogP contribution is 2.26. The molecule has 1 amide bonds. The molecular formula is C14H15F2NO3. The molecule has 1 saturated carbocycles. The van der Waals surface area contributed by atoms with Crippen LogP contribution in [0.5, 0.6) is 0 Å². The van der Waals surface area contributed by atoms with Crippen LogP contribution in [0.4, 0.5) is 8.78 Å². The number of hydrogen-bond donors (Lipinski definition) is 2. The van der Waals surface area contributed by atoms with Gasteiger partial charge in [-0.1, -0.05) is 18.6 Å². The molecule has 1 aromatic carbocycles. The fourth-order valence-electron chi connectivity index (χ4n) is 2.46. The quantitative estimate of drug-likeness (QED) is 0.892. The average Bonchev–Trinajstić information content (AvgIpc) is 2.87. The lowest BCUT2D eigenvalue weighted by Gasteiger charge is -2.17. The summed E-state index contributed by atoms with van der Waals surface area (Å²) in [6.07, 6.45) is -0.646. The third kappa shape index (κ3) is 3.12. The summed E-state index contributed by atoms with van der Waals surface area (Å²) in [5.74, 6) is -1.91. The van der Waals surface area contributed by atoms with Crippen LogP contribution in [-0.4, -0.2) is 23.0 Å². The number of nitrogens with one attached hydrogen (secondary N) is 1. The van der Waals surface area contributed by atoms with Gasteiger partial charge in [-0.2, -0.15) is 0 Å². The monoisotopic (exact) mass is 283 g/mol. The molecule has 0 spiro atoms. The van der Waals surface area contributed by atoms with Crippen LogP contribution in [-0.2, 0) is 4.79 Å². The third-order valence-electron chi connectivity index (χ3n) is 3.57. The van der Waals surface area contributed by atoms with E-state index in [1.165, 1.54) is 24.3 Å². The molecule has 0 unspecified atom stereocenters. The van der Waals surface area contributed by atoms with Crippen molar-refractivity contribution in [3.63, 3.8) is 0 Å². The summed E-state index contributed by atoms with van der Waals surface area (Å²) >= 11 is 0. The highest BCUT2D eigenvalue weighted by molar-refractivity contribution is 5.94. The molecule has 20 heavy (non-hydrogen) atoms. The van der Waals surface area contributed by atoms with Gasteiger partial charge in [-0.15, -0.1) is 0 Å². The normalized spacial score (nSPS) is 21.9. The second kappa shape index (κ2) is 5.98. The van der Waals surface area contributed by atoms with Crippen molar-refractivity contribution in [2.24, 2.45) is 5.92 Å². The first-order valence-corrected chi connectivity index (χ1v) is 6.41. The van der Waals surface area contributed by atoms with Crippen LogP contribution >= 0.6 is 0 Å². The van der Waals surface area contributed by atoms with Crippen molar-refractivity contribution in [3.05, 3.63) is 35.4 Å². The summed E-state index contributed by atoms with van der Waals surface area (Å²) in [5.41, 5.74) is 0.108. The van der Waals surface area contributed by atoms with Gasteiger partial charge < -0.3 is 10.4 Å². The molecule has 6 heteroatoms. The third-order valence-corrected chi connectivity index (χ3v) is 3.57. The average molecular weight is 283 g/mol. The Hall–Kier alpha value is -1.98. The van der Waals surface area contributed by atoms with Crippen molar-refractivity contribution in [1.29, 1.82) is 0 Å². The van der Waals surface area contributed by atoms with Crippen LogP contribution in [0.15, 0.2) is 24.3 Å². The Morgan fingerprint density at radius 1 is 1.20 bits per heavy atom. The van der Waals surface area contributed by atoms with Gasteiger partial charge in [0.25, 0.3) is 12.3 Å². The van der Waals surface area contributed by atoms with E-state index < -0.39 is 30.3 Å². The maximum atomic E-state index is 12.4. The van der Waals surface area contributed by atoms with Gasteiger partial charge >= 0.3 is 5.97 Å². The summed E-state index contributed by atoms with van der Waals surface area (Å²) in [5, 5.41) is 11.7. The topological polar surface area (TPSA) is 66.4 Å². The van der Waals surface area contributed by atoms with E-state index in [2.05, 4.69) is 5.32 Å². The standard InChI is InChI=1S/C14H15F2NO3/c15-12(16)8-4-6-9(7-5-8)13(18)17-11-3-1-2-10(11)14(19)20/h4-7,10-12H,1-3H2,(H,17,18)(H,19,20)/t10-,11+/m1/s1. The number of halogens is 2. The Labute approximate surface area is 114 Å². The van der Waals surface area contributed by atoms with E-state index in [1.807, 2.05) is 0 Å². The van der Waals surface area contributed by atoms with Crippen LogP contribution in [0.3, 0.4) is 0 Å². The fourth-order valence-corrected chi connectivity index (χ4v) is 2.46. The molecule has 0 aromatic heterocycles. The van der Waals surface area contributed by atoms with Crippen LogP contribution in [0.1, 0.15) is 41.6 Å². The van der Waals surface area contributed by atoms with Gasteiger partial charge in [-0.3, -0.25) is 9.59 Å².